The first-order valence-corrected chi connectivity index (χ1v) is 12.5. The van der Waals surface area contributed by atoms with Crippen LogP contribution in [0.25, 0.3) is 0 Å². The fraction of sp³-hybridized carbons (Fsp3) is 0.286. The zero-order valence-electron chi connectivity index (χ0n) is 21.0. The number of carbonyl (C=O) groups is 2. The van der Waals surface area contributed by atoms with Gasteiger partial charge in [-0.2, -0.15) is 0 Å². The molecule has 190 valence electrons. The zero-order chi connectivity index (χ0) is 26.1. The van der Waals surface area contributed by atoms with E-state index in [4.69, 9.17) is 9.47 Å². The Morgan fingerprint density at radius 2 is 1.58 bits per heavy atom. The van der Waals surface area contributed by atoms with Gasteiger partial charge in [0.2, 0.25) is 0 Å². The van der Waals surface area contributed by atoms with Crippen LogP contribution in [-0.4, -0.2) is 30.6 Å². The average Bonchev–Trinajstić information content (AvgIpc) is 2.82. The number of halogens is 1. The Labute approximate surface area is 220 Å². The summed E-state index contributed by atoms with van der Waals surface area (Å²) in [5, 5.41) is 9.15. The number of hydrogen-bond donors (Lipinski definition) is 3. The molecule has 0 aliphatic rings. The average molecular weight is 554 g/mol. The third kappa shape index (κ3) is 8.30. The maximum absolute atomic E-state index is 12.3. The van der Waals surface area contributed by atoms with Gasteiger partial charge in [-0.1, -0.05) is 18.2 Å². The molecule has 0 bridgehead atoms. The molecule has 2 amide bonds. The van der Waals surface area contributed by atoms with Crippen LogP contribution in [0.15, 0.2) is 71.2 Å². The number of ether oxygens (including phenoxy) is 2. The van der Waals surface area contributed by atoms with Gasteiger partial charge in [0, 0.05) is 29.0 Å². The van der Waals surface area contributed by atoms with Crippen molar-refractivity contribution in [1.82, 2.24) is 5.32 Å². The van der Waals surface area contributed by atoms with Crippen LogP contribution in [0.3, 0.4) is 0 Å². The third-order valence-electron chi connectivity index (χ3n) is 4.91. The SMILES string of the molecule is CCOc1cc(CNc2ccc(NC(=O)c3ccccc3)cc2)cc(Br)c1OCC(=O)NC(C)(C)C. The second kappa shape index (κ2) is 12.4. The van der Waals surface area contributed by atoms with E-state index in [1.165, 1.54) is 0 Å². The van der Waals surface area contributed by atoms with Gasteiger partial charge < -0.3 is 25.4 Å². The number of anilines is 2. The Hall–Kier alpha value is -3.52. The Bertz CT molecular complexity index is 1180. The Morgan fingerprint density at radius 3 is 2.22 bits per heavy atom. The molecule has 0 saturated carbocycles. The summed E-state index contributed by atoms with van der Waals surface area (Å²) in [6.45, 7) is 8.55. The van der Waals surface area contributed by atoms with Crippen molar-refractivity contribution in [1.29, 1.82) is 0 Å². The summed E-state index contributed by atoms with van der Waals surface area (Å²) in [6.07, 6.45) is 0. The Balaban J connectivity index is 1.61. The number of rotatable bonds is 10. The summed E-state index contributed by atoms with van der Waals surface area (Å²) in [6, 6.07) is 20.4. The second-order valence-electron chi connectivity index (χ2n) is 9.18. The standard InChI is InChI=1S/C28H32BrN3O4/c1-5-35-24-16-19(15-23(29)26(24)36-18-25(33)32-28(2,3)4)17-30-21-11-13-22(14-12-21)31-27(34)20-9-7-6-8-10-20/h6-16,30H,5,17-18H2,1-4H3,(H,31,34)(H,32,33). The fourth-order valence-corrected chi connectivity index (χ4v) is 3.99. The maximum atomic E-state index is 12.3. The lowest BCUT2D eigenvalue weighted by Crippen LogP contribution is -2.43. The summed E-state index contributed by atoms with van der Waals surface area (Å²) in [5.74, 6) is 0.697. The van der Waals surface area contributed by atoms with Crippen LogP contribution in [0.1, 0.15) is 43.6 Å². The van der Waals surface area contributed by atoms with Crippen molar-refractivity contribution in [3.63, 3.8) is 0 Å². The molecule has 3 rings (SSSR count). The highest BCUT2D eigenvalue weighted by Crippen LogP contribution is 2.37. The van der Waals surface area contributed by atoms with Gasteiger partial charge in [0.25, 0.3) is 11.8 Å². The molecule has 0 atom stereocenters. The summed E-state index contributed by atoms with van der Waals surface area (Å²) >= 11 is 3.55. The van der Waals surface area contributed by atoms with Crippen LogP contribution in [-0.2, 0) is 11.3 Å². The van der Waals surface area contributed by atoms with Crippen molar-refractivity contribution in [2.75, 3.05) is 23.8 Å². The lowest BCUT2D eigenvalue weighted by atomic mass is 10.1. The van der Waals surface area contributed by atoms with Gasteiger partial charge in [-0.25, -0.2) is 0 Å². The van der Waals surface area contributed by atoms with E-state index in [1.807, 2.05) is 82.3 Å². The predicted octanol–water partition coefficient (Wildman–Crippen LogP) is 6.01. The molecule has 0 aliphatic carbocycles. The molecule has 0 heterocycles. The van der Waals surface area contributed by atoms with Gasteiger partial charge >= 0.3 is 0 Å². The van der Waals surface area contributed by atoms with Gasteiger partial charge in [0.15, 0.2) is 18.1 Å². The number of carbonyl (C=O) groups excluding carboxylic acids is 2. The first-order chi connectivity index (χ1) is 17.1. The summed E-state index contributed by atoms with van der Waals surface area (Å²) in [5.41, 5.74) is 2.87. The van der Waals surface area contributed by atoms with Gasteiger partial charge in [-0.05, 0) is 97.7 Å². The largest absolute Gasteiger partial charge is 0.490 e. The van der Waals surface area contributed by atoms with Crippen LogP contribution >= 0.6 is 15.9 Å². The molecule has 7 nitrogen and oxygen atoms in total. The lowest BCUT2D eigenvalue weighted by Gasteiger charge is -2.21. The molecular formula is C28H32BrN3O4. The van der Waals surface area contributed by atoms with E-state index < -0.39 is 0 Å². The second-order valence-corrected chi connectivity index (χ2v) is 10.0. The fourth-order valence-electron chi connectivity index (χ4n) is 3.39. The topological polar surface area (TPSA) is 88.7 Å². The molecular weight excluding hydrogens is 522 g/mol. The van der Waals surface area contributed by atoms with Gasteiger partial charge in [-0.15, -0.1) is 0 Å². The summed E-state index contributed by atoms with van der Waals surface area (Å²) in [4.78, 5) is 24.5. The molecule has 0 radical (unpaired) electrons. The minimum Gasteiger partial charge on any atom is -0.490 e. The van der Waals surface area contributed by atoms with Crippen molar-refractivity contribution in [2.45, 2.75) is 39.8 Å². The lowest BCUT2D eigenvalue weighted by molar-refractivity contribution is -0.124. The number of amides is 2. The molecule has 8 heteroatoms. The minimum absolute atomic E-state index is 0.110. The molecule has 36 heavy (non-hydrogen) atoms. The van der Waals surface area contributed by atoms with E-state index in [0.717, 1.165) is 11.3 Å². The smallest absolute Gasteiger partial charge is 0.258 e. The molecule has 0 unspecified atom stereocenters. The zero-order valence-corrected chi connectivity index (χ0v) is 22.6. The molecule has 3 aromatic carbocycles. The van der Waals surface area contributed by atoms with E-state index in [2.05, 4.69) is 31.9 Å². The number of hydrogen-bond acceptors (Lipinski definition) is 5. The number of nitrogens with one attached hydrogen (secondary N) is 3. The maximum Gasteiger partial charge on any atom is 0.258 e. The van der Waals surface area contributed by atoms with Crippen LogP contribution in [0.5, 0.6) is 11.5 Å². The van der Waals surface area contributed by atoms with E-state index in [0.29, 0.717) is 40.4 Å². The van der Waals surface area contributed by atoms with Crippen molar-refractivity contribution in [2.24, 2.45) is 0 Å². The normalized spacial score (nSPS) is 10.9. The monoisotopic (exact) mass is 553 g/mol. The molecule has 0 saturated heterocycles. The van der Waals surface area contributed by atoms with Crippen LogP contribution in [0.4, 0.5) is 11.4 Å². The first-order valence-electron chi connectivity index (χ1n) is 11.7. The minimum atomic E-state index is -0.332. The molecule has 0 aliphatic heterocycles. The number of benzene rings is 3. The van der Waals surface area contributed by atoms with Crippen molar-refractivity contribution in [3.05, 3.63) is 82.3 Å². The Kier molecular flexibility index (Phi) is 9.36. The molecule has 3 N–H and O–H groups in total. The van der Waals surface area contributed by atoms with Gasteiger partial charge in [0.1, 0.15) is 0 Å². The van der Waals surface area contributed by atoms with Gasteiger partial charge in [-0.3, -0.25) is 9.59 Å². The van der Waals surface area contributed by atoms with E-state index in [1.54, 1.807) is 12.1 Å². The van der Waals surface area contributed by atoms with Crippen LogP contribution < -0.4 is 25.4 Å². The summed E-state index contributed by atoms with van der Waals surface area (Å²) in [7, 11) is 0. The molecule has 0 fully saturated rings. The van der Waals surface area contributed by atoms with Crippen molar-refractivity contribution < 1.29 is 19.1 Å². The molecule has 0 spiro atoms. The Morgan fingerprint density at radius 1 is 0.917 bits per heavy atom. The highest BCUT2D eigenvalue weighted by molar-refractivity contribution is 9.10. The third-order valence-corrected chi connectivity index (χ3v) is 5.50. The van der Waals surface area contributed by atoms with Gasteiger partial charge in [0.05, 0.1) is 11.1 Å². The predicted molar refractivity (Wildman–Crippen MR) is 147 cm³/mol. The molecule has 0 aromatic heterocycles. The summed E-state index contributed by atoms with van der Waals surface area (Å²) < 4.78 is 12.3. The first kappa shape index (κ1) is 27.1. The van der Waals surface area contributed by atoms with Crippen molar-refractivity contribution >= 4 is 39.1 Å². The van der Waals surface area contributed by atoms with E-state index >= 15 is 0 Å². The quantitative estimate of drug-likeness (QED) is 0.286. The van der Waals surface area contributed by atoms with Crippen molar-refractivity contribution in [3.8, 4) is 11.5 Å². The van der Waals surface area contributed by atoms with Crippen LogP contribution in [0, 0.1) is 0 Å². The van der Waals surface area contributed by atoms with E-state index in [9.17, 15) is 9.59 Å². The highest BCUT2D eigenvalue weighted by atomic mass is 79.9. The van der Waals surface area contributed by atoms with Crippen LogP contribution in [0.2, 0.25) is 0 Å². The highest BCUT2D eigenvalue weighted by Gasteiger charge is 2.17. The van der Waals surface area contributed by atoms with E-state index in [-0.39, 0.29) is 24.0 Å². The molecule has 3 aromatic rings.